The number of hydrogen-bond donors (Lipinski definition) is 0. The van der Waals surface area contributed by atoms with Gasteiger partial charge in [-0.25, -0.2) is 0 Å². The quantitative estimate of drug-likeness (QED) is 0.339. The van der Waals surface area contributed by atoms with Crippen molar-refractivity contribution in [3.8, 4) is 0 Å². The Morgan fingerprint density at radius 2 is 1.64 bits per heavy atom. The second-order valence-corrected chi connectivity index (χ2v) is 13.6. The van der Waals surface area contributed by atoms with Gasteiger partial charge in [0.1, 0.15) is 6.29 Å². The highest BCUT2D eigenvalue weighted by molar-refractivity contribution is 6.77. The molecule has 0 aliphatic heterocycles. The molecule has 0 heterocycles. The van der Waals surface area contributed by atoms with Gasteiger partial charge in [-0.3, -0.25) is 0 Å². The van der Waals surface area contributed by atoms with Gasteiger partial charge in [0.25, 0.3) is 0 Å². The van der Waals surface area contributed by atoms with E-state index in [1.165, 1.54) is 5.57 Å². The van der Waals surface area contributed by atoms with E-state index in [-0.39, 0.29) is 6.10 Å². The first-order valence-electron chi connectivity index (χ1n) is 8.96. The van der Waals surface area contributed by atoms with Gasteiger partial charge >= 0.3 is 0 Å². The normalized spacial score (nSPS) is 27.0. The van der Waals surface area contributed by atoms with Crippen LogP contribution in [0.1, 0.15) is 67.7 Å². The van der Waals surface area contributed by atoms with Gasteiger partial charge in [-0.15, -0.1) is 0 Å². The molecule has 3 heteroatoms. The number of carbonyl (C=O) groups is 1. The van der Waals surface area contributed by atoms with E-state index in [9.17, 15) is 4.79 Å². The first-order chi connectivity index (χ1) is 10.2. The molecule has 0 saturated heterocycles. The van der Waals surface area contributed by atoms with Crippen molar-refractivity contribution in [3.63, 3.8) is 0 Å². The predicted molar refractivity (Wildman–Crippen MR) is 97.6 cm³/mol. The summed E-state index contributed by atoms with van der Waals surface area (Å²) in [6, 6.07) is 0. The van der Waals surface area contributed by atoms with Crippen LogP contribution in [0.2, 0.25) is 16.6 Å². The minimum absolute atomic E-state index is 0.146. The third-order valence-corrected chi connectivity index (χ3v) is 11.8. The molecule has 2 nitrogen and oxygen atoms in total. The lowest BCUT2D eigenvalue weighted by Crippen LogP contribution is -2.51. The van der Waals surface area contributed by atoms with Crippen LogP contribution in [0.5, 0.6) is 0 Å². The van der Waals surface area contributed by atoms with Crippen LogP contribution in [-0.2, 0) is 9.22 Å². The maximum Gasteiger partial charge on any atom is 0.201 e. The standard InChI is InChI=1S/C19H36O2Si/c1-13(2)22(14(3)4,15(5)6)21-19-12-16(7)11-18(9-10-20)17(19)8/h10,13-16,18-19H,8-9,11-12H2,1-7H3/t16-,18-,19-/m1/s1. The van der Waals surface area contributed by atoms with Crippen molar-refractivity contribution in [2.75, 3.05) is 0 Å². The van der Waals surface area contributed by atoms with E-state index in [0.717, 1.165) is 19.1 Å². The number of carbonyl (C=O) groups excluding carboxylic acids is 1. The molecule has 3 atom stereocenters. The summed E-state index contributed by atoms with van der Waals surface area (Å²) in [4.78, 5) is 11.0. The van der Waals surface area contributed by atoms with Crippen LogP contribution >= 0.6 is 0 Å². The van der Waals surface area contributed by atoms with Crippen LogP contribution in [0.4, 0.5) is 0 Å². The van der Waals surface area contributed by atoms with Crippen LogP contribution in [0.25, 0.3) is 0 Å². The number of hydrogen-bond acceptors (Lipinski definition) is 2. The summed E-state index contributed by atoms with van der Waals surface area (Å²) in [7, 11) is -1.89. The van der Waals surface area contributed by atoms with E-state index in [0.29, 0.717) is 34.9 Å². The summed E-state index contributed by atoms with van der Waals surface area (Å²) in [6.45, 7) is 20.6. The Kier molecular flexibility index (Phi) is 7.06. The SMILES string of the molecule is C=C1[C@H](CC=O)C[C@@H](C)C[C@H]1O[Si](C(C)C)(C(C)C)C(C)C. The van der Waals surface area contributed by atoms with Gasteiger partial charge in [0.05, 0.1) is 6.10 Å². The zero-order valence-corrected chi connectivity index (χ0v) is 16.7. The van der Waals surface area contributed by atoms with Crippen molar-refractivity contribution in [3.05, 3.63) is 12.2 Å². The van der Waals surface area contributed by atoms with Crippen LogP contribution in [-0.4, -0.2) is 20.7 Å². The fraction of sp³-hybridized carbons (Fsp3) is 0.842. The smallest absolute Gasteiger partial charge is 0.201 e. The zero-order chi connectivity index (χ0) is 17.1. The van der Waals surface area contributed by atoms with Crippen LogP contribution < -0.4 is 0 Å². The Morgan fingerprint density at radius 3 is 2.05 bits per heavy atom. The third kappa shape index (κ3) is 3.91. The molecule has 128 valence electrons. The minimum atomic E-state index is -1.89. The summed E-state index contributed by atoms with van der Waals surface area (Å²) in [5.41, 5.74) is 2.93. The molecule has 22 heavy (non-hydrogen) atoms. The number of rotatable bonds is 7. The maximum atomic E-state index is 11.0. The van der Waals surface area contributed by atoms with Crippen molar-refractivity contribution >= 4 is 14.6 Å². The van der Waals surface area contributed by atoms with Gasteiger partial charge in [0, 0.05) is 6.42 Å². The van der Waals surface area contributed by atoms with Crippen molar-refractivity contribution in [1.29, 1.82) is 0 Å². The highest BCUT2D eigenvalue weighted by atomic mass is 28.4. The topological polar surface area (TPSA) is 26.3 Å². The number of aldehydes is 1. The Balaban J connectivity index is 3.05. The van der Waals surface area contributed by atoms with Crippen LogP contribution in [0.15, 0.2) is 12.2 Å². The lowest BCUT2D eigenvalue weighted by molar-refractivity contribution is -0.108. The fourth-order valence-corrected chi connectivity index (χ4v) is 10.2. The van der Waals surface area contributed by atoms with Gasteiger partial charge in [0.15, 0.2) is 0 Å². The third-order valence-electron chi connectivity index (χ3n) is 5.68. The molecule has 1 saturated carbocycles. The molecule has 1 aliphatic carbocycles. The summed E-state index contributed by atoms with van der Waals surface area (Å²) in [5.74, 6) is 0.920. The molecule has 0 N–H and O–H groups in total. The molecule has 1 fully saturated rings. The highest BCUT2D eigenvalue weighted by Crippen LogP contribution is 2.46. The van der Waals surface area contributed by atoms with E-state index in [2.05, 4.69) is 55.0 Å². The van der Waals surface area contributed by atoms with Gasteiger partial charge in [-0.2, -0.15) is 0 Å². The molecule has 0 amide bonds. The summed E-state index contributed by atoms with van der Waals surface area (Å²) in [6.07, 6.45) is 3.94. The maximum absolute atomic E-state index is 11.0. The minimum Gasteiger partial charge on any atom is -0.409 e. The molecule has 0 aromatic rings. The molecule has 0 aromatic carbocycles. The Bertz CT molecular complexity index is 365. The molecule has 0 radical (unpaired) electrons. The molecule has 0 bridgehead atoms. The molecule has 1 aliphatic rings. The predicted octanol–water partition coefficient (Wildman–Crippen LogP) is 5.74. The van der Waals surface area contributed by atoms with Gasteiger partial charge < -0.3 is 9.22 Å². The van der Waals surface area contributed by atoms with Crippen LogP contribution in [0.3, 0.4) is 0 Å². The second-order valence-electron chi connectivity index (χ2n) is 8.17. The lowest BCUT2D eigenvalue weighted by Gasteiger charge is -2.47. The monoisotopic (exact) mass is 324 g/mol. The second kappa shape index (κ2) is 7.92. The summed E-state index contributed by atoms with van der Waals surface area (Å²) < 4.78 is 6.95. The van der Waals surface area contributed by atoms with E-state index in [4.69, 9.17) is 4.43 Å². The van der Waals surface area contributed by atoms with E-state index in [1.54, 1.807) is 0 Å². The van der Waals surface area contributed by atoms with E-state index < -0.39 is 8.32 Å². The zero-order valence-electron chi connectivity index (χ0n) is 15.7. The summed E-state index contributed by atoms with van der Waals surface area (Å²) in [5, 5.41) is 0. The van der Waals surface area contributed by atoms with E-state index >= 15 is 0 Å². The van der Waals surface area contributed by atoms with Gasteiger partial charge in [-0.1, -0.05) is 55.0 Å². The van der Waals surface area contributed by atoms with Crippen molar-refractivity contribution in [2.24, 2.45) is 11.8 Å². The lowest BCUT2D eigenvalue weighted by atomic mass is 9.76. The molecular formula is C19H36O2Si. The molecular weight excluding hydrogens is 288 g/mol. The van der Waals surface area contributed by atoms with Gasteiger partial charge in [-0.05, 0) is 46.9 Å². The highest BCUT2D eigenvalue weighted by Gasteiger charge is 2.48. The fourth-order valence-electron chi connectivity index (χ4n) is 4.66. The Hall–Kier alpha value is -0.413. The average Bonchev–Trinajstić information content (AvgIpc) is 2.39. The largest absolute Gasteiger partial charge is 0.409 e. The molecule has 1 rings (SSSR count). The first kappa shape index (κ1) is 19.6. The molecule has 0 unspecified atom stereocenters. The van der Waals surface area contributed by atoms with Crippen LogP contribution in [0, 0.1) is 11.8 Å². The van der Waals surface area contributed by atoms with Crippen molar-refractivity contribution < 1.29 is 9.22 Å². The van der Waals surface area contributed by atoms with Gasteiger partial charge in [0.2, 0.25) is 8.32 Å². The Labute approximate surface area is 138 Å². The van der Waals surface area contributed by atoms with E-state index in [1.807, 2.05) is 0 Å². The summed E-state index contributed by atoms with van der Waals surface area (Å²) >= 11 is 0. The van der Waals surface area contributed by atoms with Crippen molar-refractivity contribution in [1.82, 2.24) is 0 Å². The molecule has 0 spiro atoms. The Morgan fingerprint density at radius 1 is 1.14 bits per heavy atom. The van der Waals surface area contributed by atoms with Crippen molar-refractivity contribution in [2.45, 2.75) is 90.5 Å². The molecule has 0 aromatic heterocycles. The first-order valence-corrected chi connectivity index (χ1v) is 11.1. The average molecular weight is 325 g/mol.